The zero-order chi connectivity index (χ0) is 24.4. The van der Waals surface area contributed by atoms with E-state index in [0.717, 1.165) is 45.0 Å². The first kappa shape index (κ1) is 28.3. The van der Waals surface area contributed by atoms with Gasteiger partial charge in [-0.3, -0.25) is 4.98 Å². The predicted octanol–water partition coefficient (Wildman–Crippen LogP) is 8.07. The third kappa shape index (κ3) is 7.39. The zero-order valence-corrected chi connectivity index (χ0v) is 23.3. The van der Waals surface area contributed by atoms with Crippen molar-refractivity contribution in [2.45, 2.75) is 0 Å². The summed E-state index contributed by atoms with van der Waals surface area (Å²) in [6.45, 7) is 0. The van der Waals surface area contributed by atoms with Crippen molar-refractivity contribution in [1.82, 2.24) is 15.0 Å². The van der Waals surface area contributed by atoms with Crippen LogP contribution in [0.15, 0.2) is 134 Å². The number of rotatable bonds is 4. The molecule has 0 spiro atoms. The van der Waals surface area contributed by atoms with Gasteiger partial charge in [-0.1, -0.05) is 53.6 Å². The summed E-state index contributed by atoms with van der Waals surface area (Å²) in [4.78, 5) is 13.4. The molecule has 38 heavy (non-hydrogen) atoms. The van der Waals surface area contributed by atoms with Crippen molar-refractivity contribution >= 4 is 0 Å². The Labute approximate surface area is 238 Å². The molecule has 3 aromatic carbocycles. The molecule has 0 N–H and O–H groups in total. The van der Waals surface area contributed by atoms with Gasteiger partial charge in [0, 0.05) is 38.2 Å². The molecule has 0 aliphatic carbocycles. The Morgan fingerprint density at radius 3 is 1.37 bits per heavy atom. The maximum absolute atomic E-state index is 4.77. The molecule has 3 heterocycles. The Bertz CT molecular complexity index is 1390. The van der Waals surface area contributed by atoms with Gasteiger partial charge in [-0.15, -0.1) is 96.1 Å². The molecule has 3 aromatic heterocycles. The van der Waals surface area contributed by atoms with Crippen LogP contribution in [-0.2, 0) is 20.1 Å². The van der Waals surface area contributed by atoms with Crippen LogP contribution in [0.3, 0.4) is 0 Å². The van der Waals surface area contributed by atoms with Crippen LogP contribution in [0.25, 0.3) is 45.0 Å². The minimum absolute atomic E-state index is 0. The molecule has 0 fully saturated rings. The number of pyridine rings is 3. The summed E-state index contributed by atoms with van der Waals surface area (Å²) >= 11 is 0. The van der Waals surface area contributed by atoms with Gasteiger partial charge in [0.25, 0.3) is 0 Å². The summed E-state index contributed by atoms with van der Waals surface area (Å²) in [5.74, 6) is 0. The second-order valence-corrected chi connectivity index (χ2v) is 7.87. The Balaban J connectivity index is 0.000000243. The van der Waals surface area contributed by atoms with Crippen LogP contribution >= 0.6 is 0 Å². The first-order chi connectivity index (χ1) is 17.9. The van der Waals surface area contributed by atoms with Crippen molar-refractivity contribution in [1.29, 1.82) is 0 Å². The van der Waals surface area contributed by atoms with E-state index in [0.29, 0.717) is 0 Å². The normalized spacial score (nSPS) is 9.68. The zero-order valence-electron chi connectivity index (χ0n) is 20.9. The molecule has 3 nitrogen and oxygen atoms in total. The van der Waals surface area contributed by atoms with E-state index in [1.54, 1.807) is 12.4 Å². The number of hydrogen-bond donors (Lipinski definition) is 0. The molecular weight excluding hydrogens is 643 g/mol. The van der Waals surface area contributed by atoms with E-state index < -0.39 is 0 Å². The van der Waals surface area contributed by atoms with E-state index in [1.807, 2.05) is 121 Å². The van der Waals surface area contributed by atoms with E-state index >= 15 is 0 Å². The third-order valence-electron chi connectivity index (χ3n) is 5.40. The summed E-state index contributed by atoms with van der Waals surface area (Å²) in [7, 11) is 0. The van der Waals surface area contributed by atoms with E-state index in [1.165, 1.54) is 0 Å². The van der Waals surface area contributed by atoms with E-state index in [4.69, 9.17) is 4.98 Å². The van der Waals surface area contributed by atoms with Gasteiger partial charge in [0.1, 0.15) is 0 Å². The molecule has 189 valence electrons. The number of aromatic nitrogens is 3. The molecule has 0 saturated heterocycles. The second kappa shape index (κ2) is 14.5. The minimum atomic E-state index is 0. The number of nitrogens with zero attached hydrogens (tertiary/aromatic N) is 3. The van der Waals surface area contributed by atoms with Crippen molar-refractivity contribution in [2.24, 2.45) is 0 Å². The molecule has 6 rings (SSSR count). The fraction of sp³-hybridized carbons (Fsp3) is 0. The average molecular weight is 668 g/mol. The van der Waals surface area contributed by atoms with Crippen LogP contribution in [0.2, 0.25) is 0 Å². The molecule has 0 bridgehead atoms. The standard InChI is InChI=1S/C22H14N2.C11H8N.CH3.Ir/c1-2-8-17(9-3-1)21-13-7-14-22(24-21)19-11-6-10-18(16-19)20-12-4-5-15-23-20;1-2-6-10(7-3-1)11-8-4-5-9-12-11;;/h1-8,10-15H;1-6,8-9H;1H3;/q-2;2*-1;. The van der Waals surface area contributed by atoms with Crippen LogP contribution in [0.1, 0.15) is 0 Å². The van der Waals surface area contributed by atoms with Gasteiger partial charge >= 0.3 is 0 Å². The summed E-state index contributed by atoms with van der Waals surface area (Å²) in [6.07, 6.45) is 3.58. The minimum Gasteiger partial charge on any atom is -0.358 e. The fourth-order valence-corrected chi connectivity index (χ4v) is 3.65. The van der Waals surface area contributed by atoms with Gasteiger partial charge < -0.3 is 17.4 Å². The fourth-order valence-electron chi connectivity index (χ4n) is 3.65. The smallest absolute Gasteiger partial charge is 0.0183 e. The van der Waals surface area contributed by atoms with Gasteiger partial charge in [0.05, 0.1) is 0 Å². The maximum Gasteiger partial charge on any atom is 0.0183 e. The van der Waals surface area contributed by atoms with Crippen molar-refractivity contribution in [3.05, 3.63) is 159 Å². The second-order valence-electron chi connectivity index (χ2n) is 7.87. The number of benzene rings is 3. The van der Waals surface area contributed by atoms with Crippen LogP contribution in [0.5, 0.6) is 0 Å². The molecule has 1 radical (unpaired) electrons. The van der Waals surface area contributed by atoms with Gasteiger partial charge in [-0.25, -0.2) is 0 Å². The van der Waals surface area contributed by atoms with E-state index in [9.17, 15) is 0 Å². The van der Waals surface area contributed by atoms with Gasteiger partial charge in [-0.05, 0) is 29.2 Å². The van der Waals surface area contributed by atoms with Crippen molar-refractivity contribution in [3.63, 3.8) is 0 Å². The van der Waals surface area contributed by atoms with Crippen molar-refractivity contribution in [3.8, 4) is 45.0 Å². The van der Waals surface area contributed by atoms with Crippen LogP contribution in [0, 0.1) is 25.6 Å². The molecule has 0 amide bonds. The first-order valence-corrected chi connectivity index (χ1v) is 11.6. The predicted molar refractivity (Wildman–Crippen MR) is 151 cm³/mol. The molecule has 0 aliphatic heterocycles. The molecule has 4 heteroatoms. The molecule has 0 atom stereocenters. The largest absolute Gasteiger partial charge is 0.358 e. The van der Waals surface area contributed by atoms with Gasteiger partial charge in [0.2, 0.25) is 0 Å². The Morgan fingerprint density at radius 1 is 0.421 bits per heavy atom. The average Bonchev–Trinajstić information content (AvgIpc) is 2.99. The molecule has 6 aromatic rings. The number of hydrogen-bond acceptors (Lipinski definition) is 3. The first-order valence-electron chi connectivity index (χ1n) is 11.6. The van der Waals surface area contributed by atoms with Gasteiger partial charge in [0.15, 0.2) is 0 Å². The Hall–Kier alpha value is -4.24. The molecule has 0 aliphatic rings. The summed E-state index contributed by atoms with van der Waals surface area (Å²) < 4.78 is 0. The van der Waals surface area contributed by atoms with E-state index in [2.05, 4.69) is 28.2 Å². The quantitative estimate of drug-likeness (QED) is 0.179. The SMILES string of the molecule is [CH3-].[Ir].[c-]1ccccc1-c1cccc(-c2[c-]c(-c3ccccn3)ccc2)n1.[c-]1ccccc1-c1ccccn1. The van der Waals surface area contributed by atoms with Crippen LogP contribution in [-0.4, -0.2) is 15.0 Å². The molecule has 0 saturated carbocycles. The topological polar surface area (TPSA) is 38.7 Å². The van der Waals surface area contributed by atoms with Crippen molar-refractivity contribution in [2.75, 3.05) is 0 Å². The van der Waals surface area contributed by atoms with Crippen LogP contribution < -0.4 is 0 Å². The molecular formula is C34H25IrN3-4. The monoisotopic (exact) mass is 668 g/mol. The Morgan fingerprint density at radius 2 is 0.842 bits per heavy atom. The summed E-state index contributed by atoms with van der Waals surface area (Å²) in [6, 6.07) is 49.3. The summed E-state index contributed by atoms with van der Waals surface area (Å²) in [5, 5.41) is 0. The molecule has 0 unspecified atom stereocenters. The Kier molecular flexibility index (Phi) is 10.8. The van der Waals surface area contributed by atoms with Crippen molar-refractivity contribution < 1.29 is 20.1 Å². The summed E-state index contributed by atoms with van der Waals surface area (Å²) in [5.41, 5.74) is 7.62. The van der Waals surface area contributed by atoms with E-state index in [-0.39, 0.29) is 27.5 Å². The third-order valence-corrected chi connectivity index (χ3v) is 5.40. The van der Waals surface area contributed by atoms with Gasteiger partial charge in [-0.2, -0.15) is 0 Å². The maximum atomic E-state index is 4.77. The van der Waals surface area contributed by atoms with Crippen LogP contribution in [0.4, 0.5) is 0 Å².